The SMILES string of the molecule is CC(C)(C)c1cnc(-n2c3ccccc3c3cc(CC(C)(C)c4nc(-c5ccccc5)nc(-c5ccccc5)n4)ccc32)nc1. The van der Waals surface area contributed by atoms with Gasteiger partial charge in [0.25, 0.3) is 0 Å². The third-order valence-electron chi connectivity index (χ3n) is 8.39. The van der Waals surface area contributed by atoms with Crippen LogP contribution in [0.1, 0.15) is 51.6 Å². The van der Waals surface area contributed by atoms with E-state index in [1.807, 2.05) is 73.1 Å². The van der Waals surface area contributed by atoms with Crippen molar-refractivity contribution in [2.24, 2.45) is 0 Å². The van der Waals surface area contributed by atoms with Gasteiger partial charge in [-0.2, -0.15) is 0 Å². The number of benzene rings is 4. The summed E-state index contributed by atoms with van der Waals surface area (Å²) in [6, 6.07) is 35.4. The average molecular weight is 589 g/mol. The maximum atomic E-state index is 5.03. The highest BCUT2D eigenvalue weighted by molar-refractivity contribution is 6.09. The average Bonchev–Trinajstić information content (AvgIpc) is 3.38. The van der Waals surface area contributed by atoms with E-state index in [9.17, 15) is 0 Å². The first kappa shape index (κ1) is 28.5. The molecule has 0 fully saturated rings. The summed E-state index contributed by atoms with van der Waals surface area (Å²) in [6.45, 7) is 11.0. The van der Waals surface area contributed by atoms with Crippen molar-refractivity contribution >= 4 is 21.8 Å². The van der Waals surface area contributed by atoms with E-state index in [1.54, 1.807) is 0 Å². The van der Waals surface area contributed by atoms with E-state index in [0.29, 0.717) is 17.6 Å². The van der Waals surface area contributed by atoms with E-state index in [4.69, 9.17) is 24.9 Å². The van der Waals surface area contributed by atoms with Crippen molar-refractivity contribution in [2.75, 3.05) is 0 Å². The zero-order valence-electron chi connectivity index (χ0n) is 26.4. The molecule has 7 aromatic rings. The first-order chi connectivity index (χ1) is 21.7. The quantitative estimate of drug-likeness (QED) is 0.194. The fourth-order valence-electron chi connectivity index (χ4n) is 5.87. The standard InChI is InChI=1S/C39H36N6/c1-38(2,3)29-24-40-37(41-25-29)45-32-19-13-12-18-30(32)31-22-26(20-21-33(31)45)23-39(4,5)36-43-34(27-14-8-6-9-15-27)42-35(44-36)28-16-10-7-11-17-28/h6-22,24-25H,23H2,1-5H3. The largest absolute Gasteiger partial charge is 0.278 e. The van der Waals surface area contributed by atoms with Gasteiger partial charge in [-0.25, -0.2) is 24.9 Å². The third-order valence-corrected chi connectivity index (χ3v) is 8.39. The van der Waals surface area contributed by atoms with E-state index in [0.717, 1.165) is 40.0 Å². The molecule has 0 bridgehead atoms. The minimum Gasteiger partial charge on any atom is -0.278 e. The first-order valence-electron chi connectivity index (χ1n) is 15.4. The molecule has 0 radical (unpaired) electrons. The van der Waals surface area contributed by atoms with Gasteiger partial charge in [-0.05, 0) is 41.2 Å². The normalized spacial score (nSPS) is 12.2. The van der Waals surface area contributed by atoms with Gasteiger partial charge in [-0.3, -0.25) is 4.57 Å². The maximum absolute atomic E-state index is 5.03. The molecule has 0 aliphatic heterocycles. The minimum absolute atomic E-state index is 0.0106. The predicted octanol–water partition coefficient (Wildman–Crippen LogP) is 8.91. The Balaban J connectivity index is 1.30. The van der Waals surface area contributed by atoms with Gasteiger partial charge < -0.3 is 0 Å². The number of aromatic nitrogens is 6. The molecule has 45 heavy (non-hydrogen) atoms. The summed E-state index contributed by atoms with van der Waals surface area (Å²) in [7, 11) is 0. The summed E-state index contributed by atoms with van der Waals surface area (Å²) in [5.41, 5.74) is 6.06. The smallest absolute Gasteiger partial charge is 0.234 e. The Morgan fingerprint density at radius 2 is 1.13 bits per heavy atom. The summed E-state index contributed by atoms with van der Waals surface area (Å²) in [6.07, 6.45) is 4.65. The molecule has 0 unspecified atom stereocenters. The van der Waals surface area contributed by atoms with Crippen molar-refractivity contribution in [3.8, 4) is 28.7 Å². The molecule has 0 saturated carbocycles. The van der Waals surface area contributed by atoms with E-state index in [2.05, 4.69) is 81.7 Å². The van der Waals surface area contributed by atoms with Crippen LogP contribution in [0.3, 0.4) is 0 Å². The van der Waals surface area contributed by atoms with E-state index < -0.39 is 0 Å². The predicted molar refractivity (Wildman–Crippen MR) is 182 cm³/mol. The fourth-order valence-corrected chi connectivity index (χ4v) is 5.87. The maximum Gasteiger partial charge on any atom is 0.234 e. The number of para-hydroxylation sites is 1. The Bertz CT molecular complexity index is 2070. The summed E-state index contributed by atoms with van der Waals surface area (Å²) < 4.78 is 2.16. The van der Waals surface area contributed by atoms with Crippen LogP contribution in [-0.4, -0.2) is 29.5 Å². The molecule has 222 valence electrons. The van der Waals surface area contributed by atoms with Gasteiger partial charge in [0.1, 0.15) is 5.82 Å². The number of hydrogen-bond acceptors (Lipinski definition) is 5. The molecule has 0 amide bonds. The highest BCUT2D eigenvalue weighted by atomic mass is 15.1. The second-order valence-electron chi connectivity index (χ2n) is 13.3. The van der Waals surface area contributed by atoms with Crippen molar-refractivity contribution in [2.45, 2.75) is 51.9 Å². The lowest BCUT2D eigenvalue weighted by Gasteiger charge is -2.24. The number of rotatable bonds is 6. The molecular weight excluding hydrogens is 552 g/mol. The molecule has 6 nitrogen and oxygen atoms in total. The third kappa shape index (κ3) is 5.48. The Labute approximate surface area is 263 Å². The lowest BCUT2D eigenvalue weighted by atomic mass is 9.84. The van der Waals surface area contributed by atoms with Crippen LogP contribution in [0.4, 0.5) is 0 Å². The van der Waals surface area contributed by atoms with Gasteiger partial charge in [0.05, 0.1) is 11.0 Å². The van der Waals surface area contributed by atoms with E-state index in [-0.39, 0.29) is 10.8 Å². The molecule has 0 aliphatic carbocycles. The van der Waals surface area contributed by atoms with Gasteiger partial charge in [-0.1, -0.05) is 120 Å². The molecule has 0 aliphatic rings. The number of nitrogens with zero attached hydrogens (tertiary/aromatic N) is 6. The second-order valence-corrected chi connectivity index (χ2v) is 13.3. The van der Waals surface area contributed by atoms with Crippen LogP contribution < -0.4 is 0 Å². The van der Waals surface area contributed by atoms with E-state index >= 15 is 0 Å². The molecule has 0 atom stereocenters. The molecule has 0 saturated heterocycles. The summed E-state index contributed by atoms with van der Waals surface area (Å²) >= 11 is 0. The van der Waals surface area contributed by atoms with E-state index in [1.165, 1.54) is 16.3 Å². The lowest BCUT2D eigenvalue weighted by Crippen LogP contribution is -2.25. The highest BCUT2D eigenvalue weighted by Crippen LogP contribution is 2.35. The first-order valence-corrected chi connectivity index (χ1v) is 15.4. The van der Waals surface area contributed by atoms with Crippen molar-refractivity contribution < 1.29 is 0 Å². The number of fused-ring (bicyclic) bond motifs is 3. The molecular formula is C39H36N6. The molecule has 0 spiro atoms. The molecule has 3 aromatic heterocycles. The van der Waals surface area contributed by atoms with Crippen molar-refractivity contribution in [3.05, 3.63) is 132 Å². The van der Waals surface area contributed by atoms with Crippen LogP contribution in [0.2, 0.25) is 0 Å². The molecule has 6 heteroatoms. The highest BCUT2D eigenvalue weighted by Gasteiger charge is 2.27. The van der Waals surface area contributed by atoms with Gasteiger partial charge in [0.15, 0.2) is 11.6 Å². The summed E-state index contributed by atoms with van der Waals surface area (Å²) in [5.74, 6) is 2.81. The van der Waals surface area contributed by atoms with Crippen molar-refractivity contribution in [3.63, 3.8) is 0 Å². The zero-order chi connectivity index (χ0) is 31.2. The zero-order valence-corrected chi connectivity index (χ0v) is 26.4. The van der Waals surface area contributed by atoms with Crippen LogP contribution in [0.15, 0.2) is 116 Å². The Morgan fingerprint density at radius 1 is 0.578 bits per heavy atom. The molecule has 4 aromatic carbocycles. The second kappa shape index (κ2) is 11.0. The van der Waals surface area contributed by atoms with Crippen LogP contribution in [0.5, 0.6) is 0 Å². The lowest BCUT2D eigenvalue weighted by molar-refractivity contribution is 0.486. The Morgan fingerprint density at radius 3 is 1.73 bits per heavy atom. The summed E-state index contributed by atoms with van der Waals surface area (Å²) in [5, 5.41) is 2.35. The molecule has 3 heterocycles. The Kier molecular flexibility index (Phi) is 7.00. The summed E-state index contributed by atoms with van der Waals surface area (Å²) in [4.78, 5) is 24.6. The number of hydrogen-bond donors (Lipinski definition) is 0. The van der Waals surface area contributed by atoms with Crippen molar-refractivity contribution in [1.29, 1.82) is 0 Å². The molecule has 7 rings (SSSR count). The van der Waals surface area contributed by atoms with Crippen molar-refractivity contribution in [1.82, 2.24) is 29.5 Å². The van der Waals surface area contributed by atoms with Crippen LogP contribution in [0.25, 0.3) is 50.5 Å². The Hall–Kier alpha value is -5.23. The monoisotopic (exact) mass is 588 g/mol. The van der Waals surface area contributed by atoms with Crippen LogP contribution in [0, 0.1) is 0 Å². The van der Waals surface area contributed by atoms with Gasteiger partial charge >= 0.3 is 0 Å². The van der Waals surface area contributed by atoms with Crippen LogP contribution in [-0.2, 0) is 17.3 Å². The van der Waals surface area contributed by atoms with Gasteiger partial charge in [-0.15, -0.1) is 0 Å². The molecule has 0 N–H and O–H groups in total. The minimum atomic E-state index is -0.367. The fraction of sp³-hybridized carbons (Fsp3) is 0.205. The van der Waals surface area contributed by atoms with Crippen LogP contribution >= 0.6 is 0 Å². The van der Waals surface area contributed by atoms with Gasteiger partial charge in [0.2, 0.25) is 5.95 Å². The topological polar surface area (TPSA) is 69.4 Å². The van der Waals surface area contributed by atoms with Gasteiger partial charge in [0, 0.05) is 39.7 Å².